The molecule has 1 aromatic heterocycles. The molecule has 0 aromatic carbocycles. The van der Waals surface area contributed by atoms with Gasteiger partial charge >= 0.3 is 0 Å². The molecule has 6 heteroatoms. The normalized spacial score (nSPS) is 28.2. The number of hydrogen-bond donors (Lipinski definition) is 1. The van der Waals surface area contributed by atoms with Gasteiger partial charge in [-0.05, 0) is 24.1 Å². The van der Waals surface area contributed by atoms with Gasteiger partial charge in [-0.15, -0.1) is 10.2 Å². The van der Waals surface area contributed by atoms with Gasteiger partial charge in [0, 0.05) is 12.6 Å². The Morgan fingerprint density at radius 1 is 1.53 bits per heavy atom. The van der Waals surface area contributed by atoms with Gasteiger partial charge in [0.25, 0.3) is 0 Å². The Balaban J connectivity index is 1.90. The molecule has 1 aliphatic heterocycles. The molecule has 1 fully saturated rings. The summed E-state index contributed by atoms with van der Waals surface area (Å²) in [5, 5.41) is 11.9. The molecule has 1 aliphatic rings. The molecule has 1 aromatic rings. The number of nitrogens with zero attached hydrogens (tertiary/aromatic N) is 5. The minimum atomic E-state index is 0.274. The van der Waals surface area contributed by atoms with E-state index in [0.29, 0.717) is 5.92 Å². The van der Waals surface area contributed by atoms with Gasteiger partial charge in [-0.2, -0.15) is 4.80 Å². The van der Waals surface area contributed by atoms with Crippen LogP contribution in [-0.4, -0.2) is 44.2 Å². The molecule has 2 heterocycles. The highest BCUT2D eigenvalue weighted by Gasteiger charge is 2.23. The van der Waals surface area contributed by atoms with E-state index in [9.17, 15) is 0 Å². The number of aromatic nitrogens is 4. The fourth-order valence-corrected chi connectivity index (χ4v) is 1.90. The van der Waals surface area contributed by atoms with E-state index < -0.39 is 0 Å². The molecule has 0 saturated carbocycles. The first-order chi connectivity index (χ1) is 7.15. The van der Waals surface area contributed by atoms with Crippen LogP contribution in [0.3, 0.4) is 0 Å². The van der Waals surface area contributed by atoms with Crippen LogP contribution in [-0.2, 0) is 13.6 Å². The van der Waals surface area contributed by atoms with Crippen LogP contribution in [0.1, 0.15) is 19.2 Å². The van der Waals surface area contributed by atoms with Crippen molar-refractivity contribution in [3.8, 4) is 0 Å². The summed E-state index contributed by atoms with van der Waals surface area (Å²) in [7, 11) is 1.78. The summed E-state index contributed by atoms with van der Waals surface area (Å²) in [6.07, 6.45) is 1.15. The van der Waals surface area contributed by atoms with Crippen molar-refractivity contribution in [2.75, 3.05) is 13.1 Å². The van der Waals surface area contributed by atoms with Crippen molar-refractivity contribution >= 4 is 0 Å². The molecule has 1 saturated heterocycles. The Kier molecular flexibility index (Phi) is 2.97. The topological polar surface area (TPSA) is 72.9 Å². The van der Waals surface area contributed by atoms with Crippen molar-refractivity contribution in [1.82, 2.24) is 25.1 Å². The van der Waals surface area contributed by atoms with Gasteiger partial charge in [0.2, 0.25) is 0 Å². The lowest BCUT2D eigenvalue weighted by atomic mass is 9.94. The van der Waals surface area contributed by atoms with E-state index in [-0.39, 0.29) is 6.04 Å². The molecule has 0 amide bonds. The van der Waals surface area contributed by atoms with E-state index in [4.69, 9.17) is 5.73 Å². The zero-order valence-corrected chi connectivity index (χ0v) is 9.30. The number of likely N-dealkylation sites (tertiary alicyclic amines) is 1. The molecular formula is C9H18N6. The summed E-state index contributed by atoms with van der Waals surface area (Å²) >= 11 is 0. The van der Waals surface area contributed by atoms with Crippen LogP contribution in [0, 0.1) is 5.92 Å². The predicted molar refractivity (Wildman–Crippen MR) is 55.8 cm³/mol. The maximum atomic E-state index is 6.02. The first kappa shape index (κ1) is 10.5. The monoisotopic (exact) mass is 210 g/mol. The molecule has 15 heavy (non-hydrogen) atoms. The molecular weight excluding hydrogens is 192 g/mol. The highest BCUT2D eigenvalue weighted by atomic mass is 15.6. The maximum absolute atomic E-state index is 6.02. The third kappa shape index (κ3) is 2.51. The Morgan fingerprint density at radius 3 is 2.93 bits per heavy atom. The lowest BCUT2D eigenvalue weighted by Crippen LogP contribution is -2.47. The van der Waals surface area contributed by atoms with Gasteiger partial charge in [-0.1, -0.05) is 6.92 Å². The number of hydrogen-bond acceptors (Lipinski definition) is 5. The van der Waals surface area contributed by atoms with Crippen molar-refractivity contribution in [2.45, 2.75) is 25.9 Å². The average molecular weight is 210 g/mol. The molecule has 0 aliphatic carbocycles. The molecule has 6 nitrogen and oxygen atoms in total. The smallest absolute Gasteiger partial charge is 0.188 e. The van der Waals surface area contributed by atoms with Gasteiger partial charge in [-0.3, -0.25) is 4.90 Å². The zero-order valence-electron chi connectivity index (χ0n) is 9.30. The standard InChI is InChI=1S/C9H18N6/c1-7-3-4-15(5-8(7)10)6-9-11-13-14(2)12-9/h7-8H,3-6,10H2,1-2H3. The molecule has 2 unspecified atom stereocenters. The van der Waals surface area contributed by atoms with Crippen molar-refractivity contribution in [1.29, 1.82) is 0 Å². The average Bonchev–Trinajstić information content (AvgIpc) is 2.58. The highest BCUT2D eigenvalue weighted by Crippen LogP contribution is 2.16. The van der Waals surface area contributed by atoms with E-state index in [1.807, 2.05) is 0 Å². The SMILES string of the molecule is CC1CCN(Cc2nnn(C)n2)CC1N. The molecule has 0 radical (unpaired) electrons. The number of aryl methyl sites for hydroxylation is 1. The Morgan fingerprint density at radius 2 is 2.33 bits per heavy atom. The van der Waals surface area contributed by atoms with Crippen LogP contribution in [0.25, 0.3) is 0 Å². The second-order valence-corrected chi connectivity index (χ2v) is 4.36. The molecule has 0 bridgehead atoms. The summed E-state index contributed by atoms with van der Waals surface area (Å²) < 4.78 is 0. The van der Waals surface area contributed by atoms with E-state index >= 15 is 0 Å². The van der Waals surface area contributed by atoms with Gasteiger partial charge in [0.15, 0.2) is 5.82 Å². The zero-order chi connectivity index (χ0) is 10.8. The van der Waals surface area contributed by atoms with Gasteiger partial charge in [0.1, 0.15) is 0 Å². The number of tetrazole rings is 1. The Hall–Kier alpha value is -1.01. The summed E-state index contributed by atoms with van der Waals surface area (Å²) in [5.74, 6) is 1.40. The lowest BCUT2D eigenvalue weighted by molar-refractivity contribution is 0.159. The lowest BCUT2D eigenvalue weighted by Gasteiger charge is -2.34. The fraction of sp³-hybridized carbons (Fsp3) is 0.889. The van der Waals surface area contributed by atoms with Crippen molar-refractivity contribution in [3.63, 3.8) is 0 Å². The Labute approximate surface area is 89.4 Å². The Bertz CT molecular complexity index is 322. The van der Waals surface area contributed by atoms with Crippen molar-refractivity contribution < 1.29 is 0 Å². The van der Waals surface area contributed by atoms with Gasteiger partial charge in [0.05, 0.1) is 13.6 Å². The quantitative estimate of drug-likeness (QED) is 0.704. The van der Waals surface area contributed by atoms with Crippen LogP contribution in [0.4, 0.5) is 0 Å². The number of piperidine rings is 1. The van der Waals surface area contributed by atoms with Crippen LogP contribution >= 0.6 is 0 Å². The predicted octanol–water partition coefficient (Wildman–Crippen LogP) is -0.621. The third-order valence-corrected chi connectivity index (χ3v) is 3.02. The number of rotatable bonds is 2. The van der Waals surface area contributed by atoms with E-state index in [0.717, 1.165) is 31.9 Å². The second-order valence-electron chi connectivity index (χ2n) is 4.36. The summed E-state index contributed by atoms with van der Waals surface area (Å²) in [5.41, 5.74) is 6.02. The summed E-state index contributed by atoms with van der Waals surface area (Å²) in [6.45, 7) is 4.98. The summed E-state index contributed by atoms with van der Waals surface area (Å²) in [4.78, 5) is 3.78. The van der Waals surface area contributed by atoms with Crippen LogP contribution < -0.4 is 5.73 Å². The number of nitrogens with two attached hydrogens (primary N) is 1. The molecule has 2 atom stereocenters. The van der Waals surface area contributed by atoms with Crippen LogP contribution in [0.2, 0.25) is 0 Å². The molecule has 84 valence electrons. The van der Waals surface area contributed by atoms with Crippen molar-refractivity contribution in [2.24, 2.45) is 18.7 Å². The largest absolute Gasteiger partial charge is 0.326 e. The highest BCUT2D eigenvalue weighted by molar-refractivity contribution is 4.84. The van der Waals surface area contributed by atoms with E-state index in [2.05, 4.69) is 27.2 Å². The minimum absolute atomic E-state index is 0.274. The molecule has 2 N–H and O–H groups in total. The minimum Gasteiger partial charge on any atom is -0.326 e. The molecule has 0 spiro atoms. The first-order valence-corrected chi connectivity index (χ1v) is 5.36. The van der Waals surface area contributed by atoms with Crippen molar-refractivity contribution in [3.05, 3.63) is 5.82 Å². The van der Waals surface area contributed by atoms with E-state index in [1.165, 1.54) is 4.80 Å². The maximum Gasteiger partial charge on any atom is 0.188 e. The van der Waals surface area contributed by atoms with E-state index in [1.54, 1.807) is 7.05 Å². The second kappa shape index (κ2) is 4.24. The molecule has 2 rings (SSSR count). The van der Waals surface area contributed by atoms with Crippen LogP contribution in [0.15, 0.2) is 0 Å². The van der Waals surface area contributed by atoms with Crippen LogP contribution in [0.5, 0.6) is 0 Å². The summed E-state index contributed by atoms with van der Waals surface area (Å²) in [6, 6.07) is 0.274. The third-order valence-electron chi connectivity index (χ3n) is 3.02. The fourth-order valence-electron chi connectivity index (χ4n) is 1.90. The first-order valence-electron chi connectivity index (χ1n) is 5.36. The van der Waals surface area contributed by atoms with Gasteiger partial charge < -0.3 is 5.73 Å². The van der Waals surface area contributed by atoms with Gasteiger partial charge in [-0.25, -0.2) is 0 Å².